The minimum Gasteiger partial charge on any atom is -0.480 e. The number of aliphatic hydroxyl groups is 1. The number of hydrogen-bond acceptors (Lipinski definition) is 3. The smallest absolute Gasteiger partial charge is 0.322 e. The highest BCUT2D eigenvalue weighted by molar-refractivity contribution is 5.80. The van der Waals surface area contributed by atoms with Crippen LogP contribution in [0.25, 0.3) is 0 Å². The molecule has 5 nitrogen and oxygen atoms in total. The second-order valence-electron chi connectivity index (χ2n) is 4.92. The summed E-state index contributed by atoms with van der Waals surface area (Å²) in [4.78, 5) is 21.4. The van der Waals surface area contributed by atoms with E-state index in [0.29, 0.717) is 6.42 Å². The van der Waals surface area contributed by atoms with Gasteiger partial charge in [-0.2, -0.15) is 0 Å². The van der Waals surface area contributed by atoms with Gasteiger partial charge in [0.05, 0.1) is 6.10 Å². The van der Waals surface area contributed by atoms with Crippen LogP contribution >= 0.6 is 0 Å². The molecule has 0 heterocycles. The zero-order chi connectivity index (χ0) is 14.5. The Bertz CT molecular complexity index is 256. The fourth-order valence-electron chi connectivity index (χ4n) is 1.94. The molecule has 0 bridgehead atoms. The van der Waals surface area contributed by atoms with Crippen LogP contribution in [0.4, 0.5) is 0 Å². The minimum atomic E-state index is -1.01. The first-order valence-electron chi connectivity index (χ1n) is 7.22. The molecule has 0 saturated heterocycles. The van der Waals surface area contributed by atoms with Gasteiger partial charge in [0.25, 0.3) is 0 Å². The van der Waals surface area contributed by atoms with Crippen molar-refractivity contribution in [1.82, 2.24) is 5.32 Å². The maximum atomic E-state index is 11.2. The molecule has 0 fully saturated rings. The number of aliphatic carboxylic acids is 1. The second-order valence-corrected chi connectivity index (χ2v) is 4.92. The first kappa shape index (κ1) is 17.9. The first-order chi connectivity index (χ1) is 9.06. The van der Waals surface area contributed by atoms with Crippen molar-refractivity contribution in [3.63, 3.8) is 0 Å². The van der Waals surface area contributed by atoms with Gasteiger partial charge in [-0.25, -0.2) is 0 Å². The molecule has 112 valence electrons. The summed E-state index contributed by atoms with van der Waals surface area (Å²) in [5.41, 5.74) is 0. The molecular weight excluding hydrogens is 246 g/mol. The number of amides is 1. The number of carboxylic acids is 1. The molecule has 0 aromatic carbocycles. The highest BCUT2D eigenvalue weighted by atomic mass is 16.4. The number of carboxylic acid groups (broad SMARTS) is 1. The summed E-state index contributed by atoms with van der Waals surface area (Å²) < 4.78 is 0. The summed E-state index contributed by atoms with van der Waals surface area (Å²) in [6.07, 6.45) is 7.95. The van der Waals surface area contributed by atoms with Crippen LogP contribution in [0.15, 0.2) is 0 Å². The van der Waals surface area contributed by atoms with Crippen LogP contribution in [0.2, 0.25) is 0 Å². The van der Waals surface area contributed by atoms with Crippen molar-refractivity contribution in [1.29, 1.82) is 0 Å². The van der Waals surface area contributed by atoms with Crippen molar-refractivity contribution in [2.75, 3.05) is 6.54 Å². The summed E-state index contributed by atoms with van der Waals surface area (Å²) in [6.45, 7) is 1.77. The van der Waals surface area contributed by atoms with Crippen molar-refractivity contribution in [2.24, 2.45) is 0 Å². The zero-order valence-electron chi connectivity index (χ0n) is 11.9. The first-order valence-corrected chi connectivity index (χ1v) is 7.22. The molecule has 0 spiro atoms. The lowest BCUT2D eigenvalue weighted by Gasteiger charge is -2.08. The predicted molar refractivity (Wildman–Crippen MR) is 73.9 cm³/mol. The summed E-state index contributed by atoms with van der Waals surface area (Å²) in [7, 11) is 0. The zero-order valence-corrected chi connectivity index (χ0v) is 11.9. The van der Waals surface area contributed by atoms with Crippen LogP contribution < -0.4 is 5.32 Å². The molecule has 3 N–H and O–H groups in total. The fraction of sp³-hybridized carbons (Fsp3) is 0.857. The van der Waals surface area contributed by atoms with E-state index in [-0.39, 0.29) is 18.6 Å². The highest BCUT2D eigenvalue weighted by Gasteiger charge is 2.04. The molecule has 1 amide bonds. The van der Waals surface area contributed by atoms with Gasteiger partial charge in [0.1, 0.15) is 6.54 Å². The van der Waals surface area contributed by atoms with E-state index in [1.165, 1.54) is 0 Å². The Morgan fingerprint density at radius 3 is 2.32 bits per heavy atom. The molecule has 1 atom stereocenters. The van der Waals surface area contributed by atoms with Gasteiger partial charge in [-0.3, -0.25) is 9.59 Å². The molecule has 0 aromatic heterocycles. The molecular formula is C14H27NO4. The van der Waals surface area contributed by atoms with Gasteiger partial charge in [-0.1, -0.05) is 39.0 Å². The van der Waals surface area contributed by atoms with Crippen LogP contribution in [0.5, 0.6) is 0 Å². The van der Waals surface area contributed by atoms with E-state index < -0.39 is 5.97 Å². The summed E-state index contributed by atoms with van der Waals surface area (Å²) >= 11 is 0. The third-order valence-corrected chi connectivity index (χ3v) is 3.00. The molecule has 0 radical (unpaired) electrons. The van der Waals surface area contributed by atoms with Gasteiger partial charge in [0, 0.05) is 6.42 Å². The number of carbonyl (C=O) groups is 2. The Balaban J connectivity index is 3.26. The number of carbonyl (C=O) groups excluding carboxylic acids is 1. The molecule has 19 heavy (non-hydrogen) atoms. The summed E-state index contributed by atoms with van der Waals surface area (Å²) in [6, 6.07) is 0. The molecule has 0 aliphatic heterocycles. The summed E-state index contributed by atoms with van der Waals surface area (Å²) in [5.74, 6) is -1.21. The number of aliphatic hydroxyl groups excluding tert-OH is 1. The Kier molecular flexibility index (Phi) is 11.3. The second kappa shape index (κ2) is 12.0. The van der Waals surface area contributed by atoms with Gasteiger partial charge in [0.15, 0.2) is 0 Å². The average Bonchev–Trinajstić information content (AvgIpc) is 2.35. The number of unbranched alkanes of at least 4 members (excludes halogenated alkanes) is 4. The molecule has 0 saturated carbocycles. The monoisotopic (exact) mass is 273 g/mol. The third-order valence-electron chi connectivity index (χ3n) is 3.00. The average molecular weight is 273 g/mol. The van der Waals surface area contributed by atoms with E-state index in [1.54, 1.807) is 0 Å². The Labute approximate surface area is 115 Å². The quantitative estimate of drug-likeness (QED) is 0.475. The Morgan fingerprint density at radius 2 is 1.68 bits per heavy atom. The normalized spacial score (nSPS) is 12.1. The van der Waals surface area contributed by atoms with Crippen LogP contribution in [-0.4, -0.2) is 34.7 Å². The standard InChI is InChI=1S/C14H27NO4/c1-2-8-12(16)9-6-4-3-5-7-10-13(17)15-11-14(18)19/h12,16H,2-11H2,1H3,(H,15,17)(H,18,19). The maximum Gasteiger partial charge on any atom is 0.322 e. The van der Waals surface area contributed by atoms with E-state index in [1.807, 2.05) is 0 Å². The van der Waals surface area contributed by atoms with E-state index in [2.05, 4.69) is 12.2 Å². The largest absolute Gasteiger partial charge is 0.480 e. The lowest BCUT2D eigenvalue weighted by Crippen LogP contribution is -2.28. The number of hydrogen-bond donors (Lipinski definition) is 3. The predicted octanol–water partition coefficient (Wildman–Crippen LogP) is 2.08. The van der Waals surface area contributed by atoms with E-state index in [9.17, 15) is 14.7 Å². The Hall–Kier alpha value is -1.10. The molecule has 1 unspecified atom stereocenters. The minimum absolute atomic E-state index is 0.160. The SMILES string of the molecule is CCCC(O)CCCCCCCC(=O)NCC(=O)O. The van der Waals surface area contributed by atoms with Crippen molar-refractivity contribution < 1.29 is 19.8 Å². The fourth-order valence-corrected chi connectivity index (χ4v) is 1.94. The number of nitrogens with one attached hydrogen (secondary N) is 1. The van der Waals surface area contributed by atoms with E-state index in [4.69, 9.17) is 5.11 Å². The van der Waals surface area contributed by atoms with Gasteiger partial charge >= 0.3 is 5.97 Å². The van der Waals surface area contributed by atoms with Crippen molar-refractivity contribution in [3.05, 3.63) is 0 Å². The van der Waals surface area contributed by atoms with Crippen LogP contribution in [0.3, 0.4) is 0 Å². The summed E-state index contributed by atoms with van der Waals surface area (Å²) in [5, 5.41) is 20.2. The topological polar surface area (TPSA) is 86.6 Å². The lowest BCUT2D eigenvalue weighted by atomic mass is 10.0. The van der Waals surface area contributed by atoms with Crippen LogP contribution in [0, 0.1) is 0 Å². The van der Waals surface area contributed by atoms with Crippen molar-refractivity contribution in [2.45, 2.75) is 70.8 Å². The maximum absolute atomic E-state index is 11.2. The van der Waals surface area contributed by atoms with Crippen LogP contribution in [-0.2, 0) is 9.59 Å². The molecule has 0 aromatic rings. The van der Waals surface area contributed by atoms with E-state index >= 15 is 0 Å². The highest BCUT2D eigenvalue weighted by Crippen LogP contribution is 2.11. The third kappa shape index (κ3) is 13.1. The van der Waals surface area contributed by atoms with Gasteiger partial charge in [0.2, 0.25) is 5.91 Å². The van der Waals surface area contributed by atoms with Gasteiger partial charge in [-0.15, -0.1) is 0 Å². The van der Waals surface area contributed by atoms with Gasteiger partial charge < -0.3 is 15.5 Å². The van der Waals surface area contributed by atoms with Crippen molar-refractivity contribution in [3.8, 4) is 0 Å². The molecule has 5 heteroatoms. The Morgan fingerprint density at radius 1 is 1.05 bits per heavy atom. The molecule has 0 aliphatic carbocycles. The van der Waals surface area contributed by atoms with Crippen LogP contribution in [0.1, 0.15) is 64.7 Å². The van der Waals surface area contributed by atoms with Gasteiger partial charge in [-0.05, 0) is 19.3 Å². The molecule has 0 rings (SSSR count). The lowest BCUT2D eigenvalue weighted by molar-refractivity contribution is -0.137. The molecule has 0 aliphatic rings. The number of rotatable bonds is 12. The van der Waals surface area contributed by atoms with Crippen molar-refractivity contribution >= 4 is 11.9 Å². The van der Waals surface area contributed by atoms with E-state index in [0.717, 1.165) is 51.4 Å².